The fraction of sp³-hybridized carbons (Fsp3) is 0.565. The maximum absolute atomic E-state index is 10.4. The average Bonchev–Trinajstić information content (AvgIpc) is 2.92. The van der Waals surface area contributed by atoms with Gasteiger partial charge in [-0.3, -0.25) is 5.41 Å². The monoisotopic (exact) mass is 388 g/mol. The number of ether oxygens (including phenoxy) is 2. The summed E-state index contributed by atoms with van der Waals surface area (Å²) < 4.78 is 12.5. The standard InChI is InChI=1S/C23H24N4O2/c1-4-16-7-8-23-18(10-16)22(13-26,20(27)29-23)21(11-24,12-25)19(28-23)17-6-5-14(2)9-15(17)3/h5-6,9,16,18-19,27H,4,7-8,10H2,1-3H3. The number of hydrogen-bond acceptors (Lipinski definition) is 6. The maximum Gasteiger partial charge on any atom is 0.217 e. The first-order valence-corrected chi connectivity index (χ1v) is 10.1. The number of aryl methyl sites for hydroxylation is 2. The van der Waals surface area contributed by atoms with Gasteiger partial charge in [-0.2, -0.15) is 15.8 Å². The van der Waals surface area contributed by atoms with Crippen LogP contribution < -0.4 is 0 Å². The smallest absolute Gasteiger partial charge is 0.217 e. The Kier molecular flexibility index (Phi) is 4.23. The summed E-state index contributed by atoms with van der Waals surface area (Å²) in [5.74, 6) is -1.58. The predicted molar refractivity (Wildman–Crippen MR) is 104 cm³/mol. The molecule has 1 N–H and O–H groups in total. The van der Waals surface area contributed by atoms with Crippen molar-refractivity contribution in [2.24, 2.45) is 22.7 Å². The zero-order chi connectivity index (χ0) is 21.0. The van der Waals surface area contributed by atoms with E-state index in [1.165, 1.54) is 0 Å². The topological polar surface area (TPSA) is 114 Å². The first kappa shape index (κ1) is 19.4. The molecule has 1 aromatic rings. The zero-order valence-corrected chi connectivity index (χ0v) is 17.0. The molecule has 148 valence electrons. The van der Waals surface area contributed by atoms with Gasteiger partial charge in [-0.1, -0.05) is 37.1 Å². The molecule has 29 heavy (non-hydrogen) atoms. The van der Waals surface area contributed by atoms with E-state index in [4.69, 9.17) is 14.9 Å². The van der Waals surface area contributed by atoms with E-state index in [9.17, 15) is 15.8 Å². The van der Waals surface area contributed by atoms with Crippen molar-refractivity contribution < 1.29 is 9.47 Å². The van der Waals surface area contributed by atoms with Gasteiger partial charge >= 0.3 is 0 Å². The number of hydrogen-bond donors (Lipinski definition) is 1. The molecule has 1 saturated carbocycles. The van der Waals surface area contributed by atoms with Crippen LogP contribution in [-0.4, -0.2) is 11.7 Å². The molecule has 0 spiro atoms. The molecule has 4 rings (SSSR count). The van der Waals surface area contributed by atoms with E-state index in [1.807, 2.05) is 32.0 Å². The Morgan fingerprint density at radius 3 is 2.48 bits per heavy atom. The summed E-state index contributed by atoms with van der Waals surface area (Å²) in [4.78, 5) is 0. The second-order valence-electron chi connectivity index (χ2n) is 8.65. The summed E-state index contributed by atoms with van der Waals surface area (Å²) in [5, 5.41) is 39.6. The highest BCUT2D eigenvalue weighted by Crippen LogP contribution is 2.70. The molecule has 5 atom stereocenters. The Bertz CT molecular complexity index is 999. The Balaban J connectivity index is 1.99. The molecule has 2 heterocycles. The molecule has 2 bridgehead atoms. The van der Waals surface area contributed by atoms with Gasteiger partial charge in [-0.15, -0.1) is 0 Å². The molecule has 1 aliphatic carbocycles. The van der Waals surface area contributed by atoms with E-state index in [0.29, 0.717) is 24.3 Å². The molecular formula is C23H24N4O2. The normalized spacial score (nSPS) is 36.8. The lowest BCUT2D eigenvalue weighted by Gasteiger charge is -2.53. The number of nitrogens with one attached hydrogen (secondary N) is 1. The van der Waals surface area contributed by atoms with E-state index < -0.39 is 28.6 Å². The minimum Gasteiger partial charge on any atom is -0.447 e. The van der Waals surface area contributed by atoms with Crippen LogP contribution in [0.15, 0.2) is 18.2 Å². The summed E-state index contributed by atoms with van der Waals surface area (Å²) >= 11 is 0. The van der Waals surface area contributed by atoms with Crippen molar-refractivity contribution in [3.8, 4) is 18.2 Å². The molecule has 6 heteroatoms. The lowest BCUT2D eigenvalue weighted by atomic mass is 9.50. The van der Waals surface area contributed by atoms with E-state index in [2.05, 4.69) is 25.1 Å². The highest BCUT2D eigenvalue weighted by Gasteiger charge is 2.80. The van der Waals surface area contributed by atoms with Crippen LogP contribution in [-0.2, 0) is 9.47 Å². The van der Waals surface area contributed by atoms with Gasteiger partial charge in [-0.25, -0.2) is 0 Å². The molecule has 3 fully saturated rings. The average molecular weight is 388 g/mol. The molecule has 0 amide bonds. The molecule has 0 aromatic heterocycles. The largest absolute Gasteiger partial charge is 0.447 e. The summed E-state index contributed by atoms with van der Waals surface area (Å²) in [6.45, 7) is 5.98. The Hall–Kier alpha value is -2.88. The summed E-state index contributed by atoms with van der Waals surface area (Å²) in [6, 6.07) is 12.3. The van der Waals surface area contributed by atoms with Crippen molar-refractivity contribution in [2.75, 3.05) is 0 Å². The van der Waals surface area contributed by atoms with Gasteiger partial charge < -0.3 is 9.47 Å². The number of benzene rings is 1. The second kappa shape index (κ2) is 6.31. The summed E-state index contributed by atoms with van der Waals surface area (Å²) in [5.41, 5.74) is -0.861. The lowest BCUT2D eigenvalue weighted by molar-refractivity contribution is -0.299. The Morgan fingerprint density at radius 2 is 1.90 bits per heavy atom. The molecule has 6 nitrogen and oxygen atoms in total. The maximum atomic E-state index is 10.4. The Morgan fingerprint density at radius 1 is 1.17 bits per heavy atom. The van der Waals surface area contributed by atoms with E-state index in [0.717, 1.165) is 24.0 Å². The first-order valence-electron chi connectivity index (χ1n) is 10.1. The molecule has 2 aliphatic heterocycles. The van der Waals surface area contributed by atoms with Gasteiger partial charge in [0.15, 0.2) is 5.41 Å². The third-order valence-corrected chi connectivity index (χ3v) is 7.30. The SMILES string of the molecule is CCC1CCC23OC(=N)C(C#N)(C2C1)C(C#N)(C#N)C(c1ccc(C)cc1C)O3. The van der Waals surface area contributed by atoms with Gasteiger partial charge in [0.25, 0.3) is 0 Å². The fourth-order valence-corrected chi connectivity index (χ4v) is 5.69. The van der Waals surface area contributed by atoms with Crippen LogP contribution in [0.3, 0.4) is 0 Å². The van der Waals surface area contributed by atoms with Crippen LogP contribution in [0.5, 0.6) is 0 Å². The van der Waals surface area contributed by atoms with Crippen molar-refractivity contribution in [3.05, 3.63) is 34.9 Å². The molecule has 5 unspecified atom stereocenters. The number of nitriles is 3. The molecule has 1 aromatic carbocycles. The Labute approximate surface area is 171 Å². The van der Waals surface area contributed by atoms with Crippen molar-refractivity contribution in [1.82, 2.24) is 0 Å². The highest BCUT2D eigenvalue weighted by atomic mass is 16.7. The number of rotatable bonds is 2. The fourth-order valence-electron chi connectivity index (χ4n) is 5.69. The third-order valence-electron chi connectivity index (χ3n) is 7.30. The van der Waals surface area contributed by atoms with Gasteiger partial charge in [0.05, 0.1) is 24.1 Å². The van der Waals surface area contributed by atoms with Gasteiger partial charge in [-0.05, 0) is 43.7 Å². The highest BCUT2D eigenvalue weighted by molar-refractivity contribution is 5.89. The summed E-state index contributed by atoms with van der Waals surface area (Å²) in [7, 11) is 0. The van der Waals surface area contributed by atoms with E-state index >= 15 is 0 Å². The minimum absolute atomic E-state index is 0.294. The van der Waals surface area contributed by atoms with Crippen LogP contribution >= 0.6 is 0 Å². The van der Waals surface area contributed by atoms with Crippen LogP contribution in [0, 0.1) is 75.9 Å². The quantitative estimate of drug-likeness (QED) is 0.804. The van der Waals surface area contributed by atoms with Crippen LogP contribution in [0.2, 0.25) is 0 Å². The summed E-state index contributed by atoms with van der Waals surface area (Å²) in [6.07, 6.45) is 2.00. The van der Waals surface area contributed by atoms with Crippen LogP contribution in [0.25, 0.3) is 0 Å². The molecule has 2 saturated heterocycles. The first-order chi connectivity index (χ1) is 13.8. The number of nitrogens with zero attached hydrogens (tertiary/aromatic N) is 3. The zero-order valence-electron chi connectivity index (χ0n) is 17.0. The predicted octanol–water partition coefficient (Wildman–Crippen LogP) is 4.45. The van der Waals surface area contributed by atoms with Crippen molar-refractivity contribution >= 4 is 5.90 Å². The molecule has 3 aliphatic rings. The van der Waals surface area contributed by atoms with Crippen LogP contribution in [0.1, 0.15) is 55.4 Å². The van der Waals surface area contributed by atoms with Gasteiger partial charge in [0, 0.05) is 6.42 Å². The minimum atomic E-state index is -1.86. The van der Waals surface area contributed by atoms with Crippen molar-refractivity contribution in [1.29, 1.82) is 21.2 Å². The van der Waals surface area contributed by atoms with Gasteiger partial charge in [0.2, 0.25) is 17.1 Å². The van der Waals surface area contributed by atoms with Crippen molar-refractivity contribution in [2.45, 2.75) is 58.3 Å². The molecular weight excluding hydrogens is 364 g/mol. The van der Waals surface area contributed by atoms with Gasteiger partial charge in [0.1, 0.15) is 6.10 Å². The van der Waals surface area contributed by atoms with Crippen LogP contribution in [0.4, 0.5) is 0 Å². The van der Waals surface area contributed by atoms with E-state index in [1.54, 1.807) is 0 Å². The van der Waals surface area contributed by atoms with E-state index in [-0.39, 0.29) is 5.90 Å². The third kappa shape index (κ3) is 2.20. The lowest BCUT2D eigenvalue weighted by Crippen LogP contribution is -2.61. The molecule has 0 radical (unpaired) electrons. The van der Waals surface area contributed by atoms with Crippen molar-refractivity contribution in [3.63, 3.8) is 0 Å². The second-order valence-corrected chi connectivity index (χ2v) is 8.65.